The molecule has 0 spiro atoms. The predicted octanol–water partition coefficient (Wildman–Crippen LogP) is 0.900. The van der Waals surface area contributed by atoms with Crippen LogP contribution in [-0.2, 0) is 17.4 Å². The lowest BCUT2D eigenvalue weighted by Gasteiger charge is -2.02. The molecule has 0 radical (unpaired) electrons. The largest absolute Gasteiger partial charge is 0.230 e. The molecular formula is C7H8FNO2S. The molecule has 1 aromatic carbocycles. The van der Waals surface area contributed by atoms with E-state index in [4.69, 9.17) is 0 Å². The maximum absolute atomic E-state index is 12.4. The zero-order valence-electron chi connectivity index (χ0n) is 6.18. The molecule has 0 heterocycles. The van der Waals surface area contributed by atoms with Crippen LogP contribution in [0.25, 0.3) is 0 Å². The zero-order valence-corrected chi connectivity index (χ0v) is 7.08. The summed E-state index contributed by atoms with van der Waals surface area (Å²) in [7, 11) is -3.12. The van der Waals surface area contributed by atoms with E-state index >= 15 is 0 Å². The molecule has 0 aliphatic heterocycles. The van der Waals surface area contributed by atoms with Gasteiger partial charge in [0.05, 0.1) is 6.54 Å². The Morgan fingerprint density at radius 2 is 1.83 bits per heavy atom. The maximum atomic E-state index is 12.4. The van der Waals surface area contributed by atoms with Gasteiger partial charge in [-0.1, -0.05) is 30.3 Å². The molecule has 3 nitrogen and oxygen atoms in total. The molecule has 0 saturated heterocycles. The molecule has 0 aliphatic carbocycles. The molecule has 0 unspecified atom stereocenters. The average Bonchev–Trinajstić information content (AvgIpc) is 2.06. The minimum absolute atomic E-state index is 0.218. The second kappa shape index (κ2) is 4.18. The third-order valence-corrected chi connectivity index (χ3v) is 1.83. The van der Waals surface area contributed by atoms with E-state index in [2.05, 4.69) is 0 Å². The van der Waals surface area contributed by atoms with E-state index in [0.717, 1.165) is 0 Å². The molecule has 0 atom stereocenters. The van der Waals surface area contributed by atoms with Crippen LogP contribution in [0.1, 0.15) is 5.56 Å². The van der Waals surface area contributed by atoms with Crippen molar-refractivity contribution >= 4 is 10.9 Å². The van der Waals surface area contributed by atoms with Gasteiger partial charge >= 0.3 is 0 Å². The van der Waals surface area contributed by atoms with Gasteiger partial charge in [0.1, 0.15) is 0 Å². The summed E-state index contributed by atoms with van der Waals surface area (Å²) in [5.41, 5.74) is 0.624. The summed E-state index contributed by atoms with van der Waals surface area (Å²) in [4.78, 5) is 0. The lowest BCUT2D eigenvalue weighted by Crippen LogP contribution is -2.09. The first kappa shape index (κ1) is 9.15. The highest BCUT2D eigenvalue weighted by Gasteiger charge is 2.04. The smallest absolute Gasteiger partial charge is 0.213 e. The minimum Gasteiger partial charge on any atom is -0.213 e. The SMILES string of the molecule is O=[SH](=O)N(F)Cc1ccccc1. The van der Waals surface area contributed by atoms with Crippen LogP contribution in [-0.4, -0.2) is 12.9 Å². The second-order valence-corrected chi connectivity index (χ2v) is 3.13. The van der Waals surface area contributed by atoms with E-state index < -0.39 is 10.9 Å². The topological polar surface area (TPSA) is 37.4 Å². The van der Waals surface area contributed by atoms with Crippen LogP contribution < -0.4 is 0 Å². The Morgan fingerprint density at radius 1 is 1.25 bits per heavy atom. The number of halogens is 1. The molecule has 1 aromatic rings. The molecule has 0 bridgehead atoms. The number of hydrogen-bond acceptors (Lipinski definition) is 2. The summed E-state index contributed by atoms with van der Waals surface area (Å²) < 4.78 is 32.4. The van der Waals surface area contributed by atoms with E-state index in [1.165, 1.54) is 0 Å². The molecular weight excluding hydrogens is 181 g/mol. The number of benzene rings is 1. The maximum Gasteiger partial charge on any atom is 0.230 e. The number of rotatable bonds is 3. The summed E-state index contributed by atoms with van der Waals surface area (Å²) in [5.74, 6) is 0. The van der Waals surface area contributed by atoms with Crippen LogP contribution in [0.4, 0.5) is 4.48 Å². The third-order valence-electron chi connectivity index (χ3n) is 1.33. The molecule has 66 valence electrons. The summed E-state index contributed by atoms with van der Waals surface area (Å²) in [6.07, 6.45) is 0. The Labute approximate surface area is 71.4 Å². The van der Waals surface area contributed by atoms with Crippen molar-refractivity contribution in [3.8, 4) is 0 Å². The first-order valence-corrected chi connectivity index (χ1v) is 4.44. The normalized spacial score (nSPS) is 10.9. The van der Waals surface area contributed by atoms with Crippen molar-refractivity contribution in [1.82, 2.24) is 4.53 Å². The van der Waals surface area contributed by atoms with Crippen molar-refractivity contribution in [2.75, 3.05) is 0 Å². The molecule has 0 aliphatic rings. The van der Waals surface area contributed by atoms with Gasteiger partial charge in [0.25, 0.3) is 0 Å². The predicted molar refractivity (Wildman–Crippen MR) is 43.4 cm³/mol. The van der Waals surface area contributed by atoms with E-state index in [1.54, 1.807) is 30.3 Å². The van der Waals surface area contributed by atoms with Gasteiger partial charge < -0.3 is 0 Å². The van der Waals surface area contributed by atoms with Gasteiger partial charge in [0, 0.05) is 0 Å². The fourth-order valence-electron chi connectivity index (χ4n) is 0.792. The molecule has 1 rings (SSSR count). The number of hydrogen-bond donors (Lipinski definition) is 1. The van der Waals surface area contributed by atoms with Crippen molar-refractivity contribution in [1.29, 1.82) is 0 Å². The van der Waals surface area contributed by atoms with Crippen LogP contribution in [0.5, 0.6) is 0 Å². The Hall–Kier alpha value is -0.940. The Morgan fingerprint density at radius 3 is 2.33 bits per heavy atom. The number of thiol groups is 1. The van der Waals surface area contributed by atoms with Gasteiger partial charge in [0.2, 0.25) is 10.9 Å². The molecule has 0 aromatic heterocycles. The number of nitrogens with zero attached hydrogens (tertiary/aromatic N) is 1. The van der Waals surface area contributed by atoms with Gasteiger partial charge in [-0.3, -0.25) is 0 Å². The molecule has 0 amide bonds. The summed E-state index contributed by atoms with van der Waals surface area (Å²) in [5, 5.41) is 0. The Bertz CT molecular complexity index is 304. The van der Waals surface area contributed by atoms with Crippen molar-refractivity contribution in [3.05, 3.63) is 35.9 Å². The van der Waals surface area contributed by atoms with Crippen molar-refractivity contribution in [2.45, 2.75) is 6.54 Å². The van der Waals surface area contributed by atoms with Gasteiger partial charge in [-0.2, -0.15) is 0 Å². The van der Waals surface area contributed by atoms with Gasteiger partial charge in [0.15, 0.2) is 0 Å². The van der Waals surface area contributed by atoms with Crippen LogP contribution in [0, 0.1) is 0 Å². The van der Waals surface area contributed by atoms with Crippen molar-refractivity contribution < 1.29 is 12.9 Å². The highest BCUT2D eigenvalue weighted by Crippen LogP contribution is 2.03. The highest BCUT2D eigenvalue weighted by atomic mass is 32.2. The van der Waals surface area contributed by atoms with E-state index in [9.17, 15) is 12.9 Å². The fraction of sp³-hybridized carbons (Fsp3) is 0.143. The van der Waals surface area contributed by atoms with Crippen LogP contribution in [0.2, 0.25) is 0 Å². The summed E-state index contributed by atoms with van der Waals surface area (Å²) in [6.45, 7) is -0.223. The lowest BCUT2D eigenvalue weighted by molar-refractivity contribution is 0.137. The van der Waals surface area contributed by atoms with Gasteiger partial charge in [-0.25, -0.2) is 8.42 Å². The zero-order chi connectivity index (χ0) is 8.97. The van der Waals surface area contributed by atoms with Gasteiger partial charge in [-0.15, -0.1) is 4.48 Å². The van der Waals surface area contributed by atoms with E-state index in [-0.39, 0.29) is 11.1 Å². The highest BCUT2D eigenvalue weighted by molar-refractivity contribution is 7.69. The standard InChI is InChI=1S/C7H8FNO2S/c8-9(12(10)11)6-7-4-2-1-3-5-7/h1-5,12H,6H2. The van der Waals surface area contributed by atoms with E-state index in [1.807, 2.05) is 0 Å². The van der Waals surface area contributed by atoms with Crippen LogP contribution in [0.15, 0.2) is 30.3 Å². The molecule has 0 fully saturated rings. The monoisotopic (exact) mass is 189 g/mol. The Kier molecular flexibility index (Phi) is 3.19. The summed E-state index contributed by atoms with van der Waals surface area (Å²) >= 11 is 0. The quantitative estimate of drug-likeness (QED) is 0.566. The lowest BCUT2D eigenvalue weighted by atomic mass is 10.2. The third kappa shape index (κ3) is 2.60. The molecule has 0 saturated carbocycles. The average molecular weight is 189 g/mol. The minimum atomic E-state index is -3.12. The summed E-state index contributed by atoms with van der Waals surface area (Å²) in [6, 6.07) is 8.54. The second-order valence-electron chi connectivity index (χ2n) is 2.22. The van der Waals surface area contributed by atoms with Gasteiger partial charge in [-0.05, 0) is 10.1 Å². The van der Waals surface area contributed by atoms with Crippen molar-refractivity contribution in [2.24, 2.45) is 0 Å². The fourth-order valence-corrected chi connectivity index (χ4v) is 1.07. The van der Waals surface area contributed by atoms with E-state index in [0.29, 0.717) is 5.56 Å². The molecule has 5 heteroatoms. The first-order chi connectivity index (χ1) is 5.70. The van der Waals surface area contributed by atoms with Crippen LogP contribution >= 0.6 is 0 Å². The van der Waals surface area contributed by atoms with Crippen molar-refractivity contribution in [3.63, 3.8) is 0 Å². The molecule has 12 heavy (non-hydrogen) atoms. The van der Waals surface area contributed by atoms with Crippen LogP contribution in [0.3, 0.4) is 0 Å². The molecule has 0 N–H and O–H groups in total. The first-order valence-electron chi connectivity index (χ1n) is 3.31. The Balaban J connectivity index is 2.64.